The fraction of sp³-hybridized carbons (Fsp3) is 0.444. The summed E-state index contributed by atoms with van der Waals surface area (Å²) in [5.41, 5.74) is 0.310. The molecule has 2 nitrogen and oxygen atoms in total. The number of amides is 1. The van der Waals surface area contributed by atoms with Gasteiger partial charge in [0, 0.05) is 17.3 Å². The Labute approximate surface area is 122 Å². The van der Waals surface area contributed by atoms with Crippen LogP contribution in [0, 0.1) is 2.88 Å². The molecular formula is C9H8BrF3INOS. The van der Waals surface area contributed by atoms with Crippen LogP contribution in [0.3, 0.4) is 0 Å². The van der Waals surface area contributed by atoms with Crippen molar-refractivity contribution in [1.29, 1.82) is 0 Å². The topological polar surface area (TPSA) is 20.3 Å². The number of nitrogens with zero attached hydrogens (tertiary/aromatic N) is 1. The van der Waals surface area contributed by atoms with E-state index in [1.165, 1.54) is 11.3 Å². The van der Waals surface area contributed by atoms with Crippen molar-refractivity contribution in [3.63, 3.8) is 0 Å². The summed E-state index contributed by atoms with van der Waals surface area (Å²) in [5.74, 6) is -0.582. The molecule has 0 saturated heterocycles. The highest BCUT2D eigenvalue weighted by atomic mass is 127. The summed E-state index contributed by atoms with van der Waals surface area (Å²) < 4.78 is 37.8. The van der Waals surface area contributed by atoms with E-state index >= 15 is 0 Å². The Morgan fingerprint density at radius 1 is 1.53 bits per heavy atom. The molecule has 8 heteroatoms. The first-order valence-electron chi connectivity index (χ1n) is 4.49. The molecule has 1 amide bonds. The molecule has 1 rings (SSSR count). The van der Waals surface area contributed by atoms with Crippen molar-refractivity contribution in [2.45, 2.75) is 6.18 Å². The zero-order valence-electron chi connectivity index (χ0n) is 8.43. The molecule has 0 N–H and O–H groups in total. The van der Waals surface area contributed by atoms with Crippen molar-refractivity contribution in [3.8, 4) is 0 Å². The van der Waals surface area contributed by atoms with Crippen LogP contribution in [0.25, 0.3) is 0 Å². The van der Waals surface area contributed by atoms with E-state index in [1.54, 1.807) is 11.4 Å². The molecule has 1 aromatic heterocycles. The summed E-state index contributed by atoms with van der Waals surface area (Å²) in [6.45, 7) is -1.19. The third-order valence-corrected chi connectivity index (χ3v) is 3.97. The number of alkyl halides is 4. The predicted octanol–water partition coefficient (Wildman–Crippen LogP) is 3.75. The van der Waals surface area contributed by atoms with Gasteiger partial charge in [0.15, 0.2) is 0 Å². The summed E-state index contributed by atoms with van der Waals surface area (Å²) in [6, 6.07) is 1.59. The molecule has 0 spiro atoms. The molecule has 0 radical (unpaired) electrons. The van der Waals surface area contributed by atoms with Crippen LogP contribution in [-0.4, -0.2) is 35.4 Å². The normalized spacial score (nSPS) is 11.6. The fourth-order valence-electron chi connectivity index (χ4n) is 1.18. The molecule has 1 aromatic rings. The van der Waals surface area contributed by atoms with Crippen molar-refractivity contribution in [3.05, 3.63) is 19.9 Å². The van der Waals surface area contributed by atoms with Crippen LogP contribution in [0.4, 0.5) is 13.2 Å². The number of carbonyl (C=O) groups is 1. The Morgan fingerprint density at radius 3 is 2.59 bits per heavy atom. The van der Waals surface area contributed by atoms with Crippen molar-refractivity contribution < 1.29 is 18.0 Å². The number of halogens is 5. The van der Waals surface area contributed by atoms with E-state index in [1.807, 2.05) is 22.6 Å². The molecule has 0 aliphatic rings. The van der Waals surface area contributed by atoms with Gasteiger partial charge in [0.1, 0.15) is 6.54 Å². The minimum absolute atomic E-state index is 0.0325. The molecule has 1 heterocycles. The van der Waals surface area contributed by atoms with Gasteiger partial charge in [0.25, 0.3) is 5.91 Å². The third-order valence-electron chi connectivity index (χ3n) is 1.83. The van der Waals surface area contributed by atoms with E-state index in [-0.39, 0.29) is 6.54 Å². The first-order chi connectivity index (χ1) is 7.83. The molecule has 0 atom stereocenters. The molecule has 96 valence electrons. The van der Waals surface area contributed by atoms with Crippen LogP contribution in [0.5, 0.6) is 0 Å². The van der Waals surface area contributed by atoms with Crippen LogP contribution in [0.1, 0.15) is 10.4 Å². The lowest BCUT2D eigenvalue weighted by molar-refractivity contribution is -0.140. The molecule has 0 unspecified atom stereocenters. The van der Waals surface area contributed by atoms with Gasteiger partial charge in [-0.3, -0.25) is 4.79 Å². The molecule has 17 heavy (non-hydrogen) atoms. The van der Waals surface area contributed by atoms with Gasteiger partial charge in [-0.15, -0.1) is 11.3 Å². The Bertz CT molecular complexity index is 396. The average molecular weight is 442 g/mol. The maximum Gasteiger partial charge on any atom is 0.406 e. The Balaban J connectivity index is 2.80. The van der Waals surface area contributed by atoms with Crippen LogP contribution < -0.4 is 0 Å². The standard InChI is InChI=1S/C9H8BrF3INOS/c10-1-2-15(5-9(11,12)13)8(16)6-3-7(14)17-4-6/h3-4H,1-2,5H2. The van der Waals surface area contributed by atoms with Gasteiger partial charge >= 0.3 is 6.18 Å². The molecule has 0 bridgehead atoms. The zero-order valence-corrected chi connectivity index (χ0v) is 13.0. The SMILES string of the molecule is O=C(c1csc(I)c1)N(CCBr)CC(F)(F)F. The van der Waals surface area contributed by atoms with Crippen molar-refractivity contribution in [2.24, 2.45) is 0 Å². The molecule has 0 saturated carbocycles. The quantitative estimate of drug-likeness (QED) is 0.514. The largest absolute Gasteiger partial charge is 0.406 e. The summed E-state index contributed by atoms with van der Waals surface area (Å²) in [6.07, 6.45) is -4.37. The summed E-state index contributed by atoms with van der Waals surface area (Å²) in [5, 5.41) is 1.89. The van der Waals surface area contributed by atoms with Crippen LogP contribution in [0.15, 0.2) is 11.4 Å². The van der Waals surface area contributed by atoms with Gasteiger partial charge in [-0.25, -0.2) is 0 Å². The smallest absolute Gasteiger partial charge is 0.329 e. The van der Waals surface area contributed by atoms with E-state index < -0.39 is 18.6 Å². The van der Waals surface area contributed by atoms with Crippen LogP contribution >= 0.6 is 49.9 Å². The lowest BCUT2D eigenvalue weighted by atomic mass is 10.3. The number of rotatable bonds is 4. The monoisotopic (exact) mass is 441 g/mol. The number of thiophene rings is 1. The first-order valence-corrected chi connectivity index (χ1v) is 7.57. The van der Waals surface area contributed by atoms with E-state index in [9.17, 15) is 18.0 Å². The Hall–Kier alpha value is 0.170. The second-order valence-electron chi connectivity index (χ2n) is 3.17. The molecule has 0 aromatic carbocycles. The maximum absolute atomic E-state index is 12.3. The molecular weight excluding hydrogens is 434 g/mol. The zero-order chi connectivity index (χ0) is 13.1. The number of carbonyl (C=O) groups excluding carboxylic acids is 1. The van der Waals surface area contributed by atoms with Gasteiger partial charge in [-0.1, -0.05) is 15.9 Å². The fourth-order valence-corrected chi connectivity index (χ4v) is 2.92. The molecule has 0 aliphatic carbocycles. The lowest BCUT2D eigenvalue weighted by Crippen LogP contribution is -2.39. The van der Waals surface area contributed by atoms with Gasteiger partial charge < -0.3 is 4.90 Å². The van der Waals surface area contributed by atoms with Crippen molar-refractivity contribution in [2.75, 3.05) is 18.4 Å². The minimum atomic E-state index is -4.37. The minimum Gasteiger partial charge on any atom is -0.329 e. The Kier molecular flexibility index (Phi) is 5.71. The van der Waals surface area contributed by atoms with E-state index in [4.69, 9.17) is 0 Å². The highest BCUT2D eigenvalue weighted by Gasteiger charge is 2.33. The Morgan fingerprint density at radius 2 is 2.18 bits per heavy atom. The average Bonchev–Trinajstić information content (AvgIpc) is 2.61. The van der Waals surface area contributed by atoms with E-state index in [0.29, 0.717) is 10.9 Å². The molecule has 0 aliphatic heterocycles. The van der Waals surface area contributed by atoms with Crippen LogP contribution in [-0.2, 0) is 0 Å². The van der Waals surface area contributed by atoms with Gasteiger partial charge in [-0.05, 0) is 28.7 Å². The summed E-state index contributed by atoms with van der Waals surface area (Å²) >= 11 is 6.40. The number of hydrogen-bond acceptors (Lipinski definition) is 2. The van der Waals surface area contributed by atoms with Gasteiger partial charge in [-0.2, -0.15) is 13.2 Å². The van der Waals surface area contributed by atoms with Gasteiger partial charge in [0.05, 0.1) is 8.45 Å². The van der Waals surface area contributed by atoms with Crippen molar-refractivity contribution >= 4 is 55.8 Å². The van der Waals surface area contributed by atoms with Crippen molar-refractivity contribution in [1.82, 2.24) is 4.90 Å². The van der Waals surface area contributed by atoms with Crippen LogP contribution in [0.2, 0.25) is 0 Å². The van der Waals surface area contributed by atoms with E-state index in [2.05, 4.69) is 15.9 Å². The number of hydrogen-bond donors (Lipinski definition) is 0. The third kappa shape index (κ3) is 5.12. The lowest BCUT2D eigenvalue weighted by Gasteiger charge is -2.22. The van der Waals surface area contributed by atoms with Gasteiger partial charge in [0.2, 0.25) is 0 Å². The highest BCUT2D eigenvalue weighted by molar-refractivity contribution is 14.1. The summed E-state index contributed by atoms with van der Waals surface area (Å²) in [4.78, 5) is 12.6. The second kappa shape index (κ2) is 6.37. The predicted molar refractivity (Wildman–Crippen MR) is 72.8 cm³/mol. The second-order valence-corrected chi connectivity index (χ2v) is 6.77. The summed E-state index contributed by atoms with van der Waals surface area (Å²) in [7, 11) is 0. The van der Waals surface area contributed by atoms with E-state index in [0.717, 1.165) is 7.78 Å². The maximum atomic E-state index is 12.3. The molecule has 0 fully saturated rings. The first kappa shape index (κ1) is 15.2. The highest BCUT2D eigenvalue weighted by Crippen LogP contribution is 2.21.